The number of pyridine rings is 2. The molecule has 1 aliphatic carbocycles. The van der Waals surface area contributed by atoms with Crippen LogP contribution in [0.4, 0.5) is 11.8 Å². The van der Waals surface area contributed by atoms with E-state index in [2.05, 4.69) is 42.8 Å². The number of hydrogen-bond acceptors (Lipinski definition) is 8. The topological polar surface area (TPSA) is 87.9 Å². The van der Waals surface area contributed by atoms with Gasteiger partial charge in [0.2, 0.25) is 5.95 Å². The molecule has 2 aliphatic rings. The Labute approximate surface area is 205 Å². The smallest absolute Gasteiger partial charge is 0.229 e. The Kier molecular flexibility index (Phi) is 5.99. The Morgan fingerprint density at radius 3 is 2.49 bits per heavy atom. The van der Waals surface area contributed by atoms with E-state index in [0.29, 0.717) is 12.6 Å². The highest BCUT2D eigenvalue weighted by molar-refractivity contribution is 5.84. The zero-order chi connectivity index (χ0) is 23.6. The van der Waals surface area contributed by atoms with Crippen molar-refractivity contribution >= 4 is 22.9 Å². The van der Waals surface area contributed by atoms with E-state index in [0.717, 1.165) is 66.1 Å². The van der Waals surface area contributed by atoms with Crippen LogP contribution in [0.3, 0.4) is 0 Å². The van der Waals surface area contributed by atoms with Gasteiger partial charge in [0, 0.05) is 51.2 Å². The average molecular weight is 470 g/mol. The number of imidazole rings is 1. The molecule has 9 nitrogen and oxygen atoms in total. The van der Waals surface area contributed by atoms with Crippen molar-refractivity contribution in [2.45, 2.75) is 38.3 Å². The van der Waals surface area contributed by atoms with E-state index < -0.39 is 0 Å². The molecule has 4 aromatic rings. The lowest BCUT2D eigenvalue weighted by Gasteiger charge is -2.32. The fourth-order valence-corrected chi connectivity index (χ4v) is 5.01. The van der Waals surface area contributed by atoms with E-state index in [9.17, 15) is 0 Å². The van der Waals surface area contributed by atoms with Crippen LogP contribution in [0.5, 0.6) is 0 Å². The number of aromatic nitrogens is 6. The molecule has 1 saturated heterocycles. The van der Waals surface area contributed by atoms with Gasteiger partial charge in [0.1, 0.15) is 0 Å². The SMILES string of the molecule is CN1CCN(c2nc(NCc3ccc(-c4ccccn4)nc3)c3ncn(C4CCCC4)c3n2)CC1. The first-order valence-corrected chi connectivity index (χ1v) is 12.5. The number of piperazine rings is 1. The number of rotatable bonds is 6. The highest BCUT2D eigenvalue weighted by atomic mass is 15.3. The maximum absolute atomic E-state index is 5.03. The number of anilines is 2. The summed E-state index contributed by atoms with van der Waals surface area (Å²) >= 11 is 0. The number of hydrogen-bond donors (Lipinski definition) is 1. The van der Waals surface area contributed by atoms with Crippen LogP contribution in [0.1, 0.15) is 37.3 Å². The maximum Gasteiger partial charge on any atom is 0.229 e. The first kappa shape index (κ1) is 21.9. The van der Waals surface area contributed by atoms with Crippen molar-refractivity contribution in [3.8, 4) is 11.4 Å². The van der Waals surface area contributed by atoms with Crippen LogP contribution in [-0.2, 0) is 6.54 Å². The van der Waals surface area contributed by atoms with Gasteiger partial charge in [-0.3, -0.25) is 9.97 Å². The molecule has 180 valence electrons. The highest BCUT2D eigenvalue weighted by Crippen LogP contribution is 2.33. The van der Waals surface area contributed by atoms with Crippen LogP contribution < -0.4 is 10.2 Å². The van der Waals surface area contributed by atoms with Crippen LogP contribution in [0.15, 0.2) is 49.1 Å². The largest absolute Gasteiger partial charge is 0.364 e. The average Bonchev–Trinajstić information content (AvgIpc) is 3.59. The summed E-state index contributed by atoms with van der Waals surface area (Å²) in [7, 11) is 2.16. The maximum atomic E-state index is 5.03. The summed E-state index contributed by atoms with van der Waals surface area (Å²) in [5, 5.41) is 3.54. The van der Waals surface area contributed by atoms with E-state index >= 15 is 0 Å². The van der Waals surface area contributed by atoms with Gasteiger partial charge < -0.3 is 19.7 Å². The quantitative estimate of drug-likeness (QED) is 0.457. The van der Waals surface area contributed by atoms with Gasteiger partial charge >= 0.3 is 0 Å². The summed E-state index contributed by atoms with van der Waals surface area (Å²) in [6, 6.07) is 10.4. The van der Waals surface area contributed by atoms with Crippen molar-refractivity contribution in [3.05, 3.63) is 54.6 Å². The minimum absolute atomic E-state index is 0.478. The molecule has 6 rings (SSSR count). The lowest BCUT2D eigenvalue weighted by Crippen LogP contribution is -2.45. The molecule has 35 heavy (non-hydrogen) atoms. The molecular weight excluding hydrogens is 438 g/mol. The molecule has 0 radical (unpaired) electrons. The Balaban J connectivity index is 1.28. The third-order valence-electron chi connectivity index (χ3n) is 7.13. The molecule has 0 atom stereocenters. The molecule has 0 bridgehead atoms. The Hall–Kier alpha value is -3.59. The van der Waals surface area contributed by atoms with Gasteiger partial charge in [-0.1, -0.05) is 25.0 Å². The van der Waals surface area contributed by atoms with Crippen molar-refractivity contribution in [2.75, 3.05) is 43.4 Å². The van der Waals surface area contributed by atoms with E-state index in [1.54, 1.807) is 6.20 Å². The number of likely N-dealkylation sites (N-methyl/N-ethyl adjacent to an activating group) is 1. The monoisotopic (exact) mass is 469 g/mol. The summed E-state index contributed by atoms with van der Waals surface area (Å²) in [5.74, 6) is 1.57. The summed E-state index contributed by atoms with van der Waals surface area (Å²) in [6.07, 6.45) is 10.6. The predicted molar refractivity (Wildman–Crippen MR) is 137 cm³/mol. The number of fused-ring (bicyclic) bond motifs is 1. The molecule has 1 saturated carbocycles. The molecule has 5 heterocycles. The molecular formula is C26H31N9. The van der Waals surface area contributed by atoms with Gasteiger partial charge in [0.05, 0.1) is 17.7 Å². The standard InChI is InChI=1S/C26H31N9/c1-33-12-14-34(15-13-33)26-31-24(23-25(32-26)35(18-30-23)20-6-2-3-7-20)29-17-19-9-10-22(28-16-19)21-8-4-5-11-27-21/h4-5,8-11,16,18,20H,2-3,6-7,12-15,17H2,1H3,(H,29,31,32). The second-order valence-corrected chi connectivity index (χ2v) is 9.55. The summed E-state index contributed by atoms with van der Waals surface area (Å²) in [6.45, 7) is 4.50. The predicted octanol–water partition coefficient (Wildman–Crippen LogP) is 3.76. The number of nitrogens with one attached hydrogen (secondary N) is 1. The van der Waals surface area contributed by atoms with Crippen molar-refractivity contribution in [1.29, 1.82) is 0 Å². The molecule has 1 aliphatic heterocycles. The van der Waals surface area contributed by atoms with E-state index in [4.69, 9.17) is 15.0 Å². The zero-order valence-electron chi connectivity index (χ0n) is 20.1. The third kappa shape index (κ3) is 4.55. The van der Waals surface area contributed by atoms with Gasteiger partial charge in [-0.2, -0.15) is 9.97 Å². The molecule has 0 unspecified atom stereocenters. The van der Waals surface area contributed by atoms with E-state index in [1.165, 1.54) is 25.7 Å². The third-order valence-corrected chi connectivity index (χ3v) is 7.13. The fourth-order valence-electron chi connectivity index (χ4n) is 5.01. The van der Waals surface area contributed by atoms with Crippen LogP contribution in [0, 0.1) is 0 Å². The molecule has 4 aromatic heterocycles. The van der Waals surface area contributed by atoms with Crippen LogP contribution >= 0.6 is 0 Å². The first-order chi connectivity index (χ1) is 17.2. The van der Waals surface area contributed by atoms with Gasteiger partial charge in [0.15, 0.2) is 17.0 Å². The summed E-state index contributed by atoms with van der Waals surface area (Å²) in [4.78, 5) is 28.4. The van der Waals surface area contributed by atoms with Gasteiger partial charge in [-0.05, 0) is 43.7 Å². The Morgan fingerprint density at radius 1 is 0.914 bits per heavy atom. The van der Waals surface area contributed by atoms with Crippen LogP contribution in [0.25, 0.3) is 22.6 Å². The second kappa shape index (κ2) is 9.58. The lowest BCUT2D eigenvalue weighted by atomic mass is 10.2. The van der Waals surface area contributed by atoms with Crippen LogP contribution in [0.2, 0.25) is 0 Å². The summed E-state index contributed by atoms with van der Waals surface area (Å²) in [5.41, 5.74) is 4.60. The summed E-state index contributed by atoms with van der Waals surface area (Å²) < 4.78 is 2.28. The first-order valence-electron chi connectivity index (χ1n) is 12.5. The van der Waals surface area contributed by atoms with Crippen molar-refractivity contribution in [1.82, 2.24) is 34.4 Å². The zero-order valence-corrected chi connectivity index (χ0v) is 20.1. The number of nitrogens with zero attached hydrogens (tertiary/aromatic N) is 8. The highest BCUT2D eigenvalue weighted by Gasteiger charge is 2.24. The van der Waals surface area contributed by atoms with E-state index in [1.807, 2.05) is 36.8 Å². The van der Waals surface area contributed by atoms with E-state index in [-0.39, 0.29) is 0 Å². The lowest BCUT2D eigenvalue weighted by molar-refractivity contribution is 0.311. The molecule has 2 fully saturated rings. The Bertz CT molecular complexity index is 1270. The van der Waals surface area contributed by atoms with Crippen molar-refractivity contribution < 1.29 is 0 Å². The van der Waals surface area contributed by atoms with Gasteiger partial charge in [0.25, 0.3) is 0 Å². The minimum Gasteiger partial charge on any atom is -0.364 e. The van der Waals surface area contributed by atoms with Gasteiger partial charge in [-0.15, -0.1) is 0 Å². The normalized spacial score (nSPS) is 17.3. The molecule has 9 heteroatoms. The molecule has 0 amide bonds. The molecule has 0 spiro atoms. The minimum atomic E-state index is 0.478. The fraction of sp³-hybridized carbons (Fsp3) is 0.423. The van der Waals surface area contributed by atoms with Crippen molar-refractivity contribution in [2.24, 2.45) is 0 Å². The molecule has 0 aromatic carbocycles. The molecule has 1 N–H and O–H groups in total. The van der Waals surface area contributed by atoms with Crippen molar-refractivity contribution in [3.63, 3.8) is 0 Å². The van der Waals surface area contributed by atoms with Gasteiger partial charge in [-0.25, -0.2) is 4.98 Å². The Morgan fingerprint density at radius 2 is 1.74 bits per heavy atom. The second-order valence-electron chi connectivity index (χ2n) is 9.55. The van der Waals surface area contributed by atoms with Crippen LogP contribution in [-0.4, -0.2) is 67.6 Å².